The summed E-state index contributed by atoms with van der Waals surface area (Å²) in [6.45, 7) is 5.30. The topological polar surface area (TPSA) is 88.6 Å². The molecule has 0 aliphatic carbocycles. The van der Waals surface area contributed by atoms with Gasteiger partial charge in [0, 0.05) is 5.56 Å². The third-order valence-electron chi connectivity index (χ3n) is 4.02. The van der Waals surface area contributed by atoms with Crippen molar-refractivity contribution in [2.24, 2.45) is 5.10 Å². The fourth-order valence-corrected chi connectivity index (χ4v) is 2.57. The van der Waals surface area contributed by atoms with E-state index in [-0.39, 0.29) is 5.91 Å². The van der Waals surface area contributed by atoms with Gasteiger partial charge in [-0.2, -0.15) is 10.2 Å². The molecule has 7 heteroatoms. The van der Waals surface area contributed by atoms with Crippen LogP contribution in [0.2, 0.25) is 0 Å². The summed E-state index contributed by atoms with van der Waals surface area (Å²) in [5.41, 5.74) is 5.24. The fraction of sp³-hybridized carbons (Fsp3) is 0.227. The molecule has 0 unspecified atom stereocenters. The van der Waals surface area contributed by atoms with Crippen LogP contribution in [0.3, 0.4) is 0 Å². The highest BCUT2D eigenvalue weighted by molar-refractivity contribution is 5.94. The number of benzene rings is 2. The van der Waals surface area contributed by atoms with Crippen LogP contribution in [0, 0.1) is 0 Å². The molecule has 3 rings (SSSR count). The lowest BCUT2D eigenvalue weighted by Gasteiger charge is -2.03. The Morgan fingerprint density at radius 1 is 1.07 bits per heavy atom. The summed E-state index contributed by atoms with van der Waals surface area (Å²) in [5, 5.41) is 10.9. The van der Waals surface area contributed by atoms with E-state index in [0.717, 1.165) is 29.0 Å². The van der Waals surface area contributed by atoms with Crippen LogP contribution in [0.15, 0.2) is 59.7 Å². The molecule has 0 fully saturated rings. The monoisotopic (exact) mass is 392 g/mol. The standard InChI is InChI=1S/C22H24N4O3/c1-3-13-29-19-9-5-16(6-10-19)15-23-26-22(27)21-14-20(24-25-21)17-7-11-18(12-8-17)28-4-2/h5-12,14-15H,3-4,13H2,1-2H3,(H,24,25)(H,26,27)/b23-15+. The van der Waals surface area contributed by atoms with Crippen molar-refractivity contribution in [3.05, 3.63) is 65.9 Å². The van der Waals surface area contributed by atoms with Crippen LogP contribution in [-0.4, -0.2) is 35.5 Å². The molecule has 0 saturated heterocycles. The van der Waals surface area contributed by atoms with E-state index in [9.17, 15) is 4.79 Å². The molecule has 0 saturated carbocycles. The Hall–Kier alpha value is -3.61. The van der Waals surface area contributed by atoms with Crippen molar-refractivity contribution in [2.45, 2.75) is 20.3 Å². The van der Waals surface area contributed by atoms with Gasteiger partial charge >= 0.3 is 0 Å². The second-order valence-corrected chi connectivity index (χ2v) is 6.24. The number of nitrogens with one attached hydrogen (secondary N) is 2. The molecular weight excluding hydrogens is 368 g/mol. The number of H-pyrrole nitrogens is 1. The number of hydrogen-bond donors (Lipinski definition) is 2. The molecule has 0 radical (unpaired) electrons. The van der Waals surface area contributed by atoms with Crippen LogP contribution < -0.4 is 14.9 Å². The van der Waals surface area contributed by atoms with Crippen LogP contribution in [0.1, 0.15) is 36.3 Å². The van der Waals surface area contributed by atoms with Gasteiger partial charge in [-0.3, -0.25) is 9.89 Å². The fourth-order valence-electron chi connectivity index (χ4n) is 2.57. The molecular formula is C22H24N4O3. The Morgan fingerprint density at radius 3 is 2.45 bits per heavy atom. The molecule has 0 aliphatic rings. The molecule has 150 valence electrons. The second kappa shape index (κ2) is 10.1. The quantitative estimate of drug-likeness (QED) is 0.425. The maximum absolute atomic E-state index is 12.3. The third-order valence-corrected chi connectivity index (χ3v) is 4.02. The van der Waals surface area contributed by atoms with Gasteiger partial charge in [0.1, 0.15) is 17.2 Å². The zero-order valence-electron chi connectivity index (χ0n) is 16.5. The minimum Gasteiger partial charge on any atom is -0.494 e. The van der Waals surface area contributed by atoms with Gasteiger partial charge in [0.05, 0.1) is 25.1 Å². The normalized spacial score (nSPS) is 10.8. The minimum atomic E-state index is -0.367. The van der Waals surface area contributed by atoms with E-state index in [0.29, 0.717) is 24.6 Å². The summed E-state index contributed by atoms with van der Waals surface area (Å²) in [7, 11) is 0. The number of nitrogens with zero attached hydrogens (tertiary/aromatic N) is 2. The number of hydrogen-bond acceptors (Lipinski definition) is 5. The molecule has 2 aromatic carbocycles. The Morgan fingerprint density at radius 2 is 1.76 bits per heavy atom. The van der Waals surface area contributed by atoms with E-state index < -0.39 is 0 Å². The van der Waals surface area contributed by atoms with Crippen LogP contribution in [0.25, 0.3) is 11.3 Å². The lowest BCUT2D eigenvalue weighted by molar-refractivity contribution is 0.0950. The molecule has 7 nitrogen and oxygen atoms in total. The molecule has 1 amide bonds. The zero-order chi connectivity index (χ0) is 20.5. The van der Waals surface area contributed by atoms with Gasteiger partial charge in [0.25, 0.3) is 5.91 Å². The Bertz CT molecular complexity index is 947. The molecule has 2 N–H and O–H groups in total. The lowest BCUT2D eigenvalue weighted by Crippen LogP contribution is -2.17. The Kier molecular flexibility index (Phi) is 7.00. The molecule has 1 aromatic heterocycles. The average molecular weight is 392 g/mol. The third kappa shape index (κ3) is 5.68. The number of carbonyl (C=O) groups excluding carboxylic acids is 1. The van der Waals surface area contributed by atoms with Gasteiger partial charge in [-0.05, 0) is 73.5 Å². The maximum Gasteiger partial charge on any atom is 0.289 e. The van der Waals surface area contributed by atoms with E-state index in [1.165, 1.54) is 0 Å². The molecule has 0 atom stereocenters. The SMILES string of the molecule is CCCOc1ccc(/C=N/NC(=O)c2cc(-c3ccc(OCC)cc3)n[nH]2)cc1. The van der Waals surface area contributed by atoms with Gasteiger partial charge in [-0.25, -0.2) is 5.43 Å². The van der Waals surface area contributed by atoms with E-state index >= 15 is 0 Å². The summed E-state index contributed by atoms with van der Waals surface area (Å²) < 4.78 is 11.0. The van der Waals surface area contributed by atoms with Crippen LogP contribution >= 0.6 is 0 Å². The highest BCUT2D eigenvalue weighted by Gasteiger charge is 2.10. The number of carbonyl (C=O) groups is 1. The smallest absolute Gasteiger partial charge is 0.289 e. The van der Waals surface area contributed by atoms with Gasteiger partial charge in [0.15, 0.2) is 0 Å². The minimum absolute atomic E-state index is 0.328. The van der Waals surface area contributed by atoms with Crippen molar-refractivity contribution in [1.82, 2.24) is 15.6 Å². The van der Waals surface area contributed by atoms with Crippen molar-refractivity contribution in [3.8, 4) is 22.8 Å². The van der Waals surface area contributed by atoms with Crippen molar-refractivity contribution in [3.63, 3.8) is 0 Å². The van der Waals surface area contributed by atoms with E-state index in [1.807, 2.05) is 55.5 Å². The van der Waals surface area contributed by atoms with E-state index in [1.54, 1.807) is 12.3 Å². The maximum atomic E-state index is 12.3. The predicted molar refractivity (Wildman–Crippen MR) is 112 cm³/mol. The Balaban J connectivity index is 1.56. The number of rotatable bonds is 9. The van der Waals surface area contributed by atoms with Crippen molar-refractivity contribution in [2.75, 3.05) is 13.2 Å². The molecule has 0 spiro atoms. The van der Waals surface area contributed by atoms with Crippen molar-refractivity contribution < 1.29 is 14.3 Å². The van der Waals surface area contributed by atoms with E-state index in [2.05, 4.69) is 27.6 Å². The average Bonchev–Trinajstić information content (AvgIpc) is 3.24. The van der Waals surface area contributed by atoms with E-state index in [4.69, 9.17) is 9.47 Å². The zero-order valence-corrected chi connectivity index (χ0v) is 16.5. The number of hydrazone groups is 1. The number of aromatic nitrogens is 2. The molecule has 1 heterocycles. The van der Waals surface area contributed by atoms with Gasteiger partial charge in [-0.1, -0.05) is 6.92 Å². The summed E-state index contributed by atoms with van der Waals surface area (Å²) in [4.78, 5) is 12.3. The summed E-state index contributed by atoms with van der Waals surface area (Å²) in [5.74, 6) is 1.24. The van der Waals surface area contributed by atoms with Crippen LogP contribution in [0.5, 0.6) is 11.5 Å². The molecule has 3 aromatic rings. The molecule has 29 heavy (non-hydrogen) atoms. The number of aromatic amines is 1. The van der Waals surface area contributed by atoms with Gasteiger partial charge < -0.3 is 9.47 Å². The van der Waals surface area contributed by atoms with Crippen molar-refractivity contribution >= 4 is 12.1 Å². The number of amides is 1. The highest BCUT2D eigenvalue weighted by Crippen LogP contribution is 2.21. The molecule has 0 aliphatic heterocycles. The summed E-state index contributed by atoms with van der Waals surface area (Å²) in [6, 6.07) is 16.7. The first-order valence-electron chi connectivity index (χ1n) is 9.54. The largest absolute Gasteiger partial charge is 0.494 e. The lowest BCUT2D eigenvalue weighted by atomic mass is 10.1. The second-order valence-electron chi connectivity index (χ2n) is 6.24. The van der Waals surface area contributed by atoms with Gasteiger partial charge in [0.2, 0.25) is 0 Å². The summed E-state index contributed by atoms with van der Waals surface area (Å²) in [6.07, 6.45) is 2.54. The number of ether oxygens (including phenoxy) is 2. The first-order chi connectivity index (χ1) is 14.2. The predicted octanol–water partition coefficient (Wildman–Crippen LogP) is 4.03. The Labute approximate surface area is 169 Å². The van der Waals surface area contributed by atoms with Crippen LogP contribution in [-0.2, 0) is 0 Å². The first-order valence-corrected chi connectivity index (χ1v) is 9.54. The summed E-state index contributed by atoms with van der Waals surface area (Å²) >= 11 is 0. The first kappa shape index (κ1) is 20.1. The van der Waals surface area contributed by atoms with Crippen molar-refractivity contribution in [1.29, 1.82) is 0 Å². The highest BCUT2D eigenvalue weighted by atomic mass is 16.5. The molecule has 0 bridgehead atoms. The van der Waals surface area contributed by atoms with Crippen LogP contribution in [0.4, 0.5) is 0 Å². The van der Waals surface area contributed by atoms with Gasteiger partial charge in [-0.15, -0.1) is 0 Å².